The van der Waals surface area contributed by atoms with Gasteiger partial charge in [0.05, 0.1) is 5.69 Å². The van der Waals surface area contributed by atoms with E-state index >= 15 is 0 Å². The molecule has 0 radical (unpaired) electrons. The van der Waals surface area contributed by atoms with Crippen LogP contribution >= 0.6 is 0 Å². The predicted molar refractivity (Wildman–Crippen MR) is 116 cm³/mol. The number of rotatable bonds is 4. The second-order valence-electron chi connectivity index (χ2n) is 7.26. The van der Waals surface area contributed by atoms with Crippen molar-refractivity contribution >= 4 is 17.3 Å². The number of hydrogen-bond acceptors (Lipinski definition) is 2. The Labute approximate surface area is 191 Å². The van der Waals surface area contributed by atoms with Gasteiger partial charge in [-0.1, -0.05) is 48.0 Å². The molecular weight excluding hydrogens is 525 g/mol. The van der Waals surface area contributed by atoms with Crippen LogP contribution in [0.3, 0.4) is 0 Å². The Balaban J connectivity index is 0.00000240. The van der Waals surface area contributed by atoms with Crippen molar-refractivity contribution in [3.8, 4) is 11.5 Å². The molecule has 1 N–H and O–H groups in total. The molecule has 5 heteroatoms. The van der Waals surface area contributed by atoms with Crippen molar-refractivity contribution in [3.05, 3.63) is 83.4 Å². The van der Waals surface area contributed by atoms with Gasteiger partial charge in [0.1, 0.15) is 5.75 Å². The molecule has 3 aromatic rings. The van der Waals surface area contributed by atoms with Crippen molar-refractivity contribution in [2.45, 2.75) is 20.8 Å². The third kappa shape index (κ3) is 4.30. The quantitative estimate of drug-likeness (QED) is 0.427. The summed E-state index contributed by atoms with van der Waals surface area (Å²) in [5.41, 5.74) is 5.72. The third-order valence-corrected chi connectivity index (χ3v) is 5.09. The van der Waals surface area contributed by atoms with Gasteiger partial charge in [-0.05, 0) is 56.2 Å². The molecule has 0 saturated carbocycles. The van der Waals surface area contributed by atoms with E-state index in [2.05, 4.69) is 37.8 Å². The molecule has 0 amide bonds. The Kier molecular flexibility index (Phi) is 6.58. The maximum Gasteiger partial charge on any atom is 0.203 e. The average Bonchev–Trinajstić information content (AvgIpc) is 3.03. The first-order chi connectivity index (χ1) is 13.5. The molecule has 1 heterocycles. The molecule has 1 fully saturated rings. The van der Waals surface area contributed by atoms with Gasteiger partial charge >= 0.3 is 0 Å². The number of anilines is 2. The number of nitrogens with zero attached hydrogens (tertiary/aromatic N) is 2. The summed E-state index contributed by atoms with van der Waals surface area (Å²) in [6.07, 6.45) is 0. The normalized spacial score (nSPS) is 13.4. The van der Waals surface area contributed by atoms with Crippen molar-refractivity contribution in [2.24, 2.45) is 0 Å². The summed E-state index contributed by atoms with van der Waals surface area (Å²) in [6, 6.07) is 22.1. The average molecular weight is 550 g/mol. The van der Waals surface area contributed by atoms with Crippen LogP contribution in [0.2, 0.25) is 0 Å². The minimum Gasteiger partial charge on any atom is -0.455 e. The zero-order valence-electron chi connectivity index (χ0n) is 17.1. The number of para-hydroxylation sites is 3. The van der Waals surface area contributed by atoms with Crippen LogP contribution in [0, 0.1) is 26.2 Å². The predicted octanol–water partition coefficient (Wildman–Crippen LogP) is 5.66. The van der Waals surface area contributed by atoms with Crippen LogP contribution < -0.4 is 14.5 Å². The van der Waals surface area contributed by atoms with Gasteiger partial charge in [0.2, 0.25) is 5.96 Å². The molecule has 146 valence electrons. The monoisotopic (exact) mass is 551 g/mol. The van der Waals surface area contributed by atoms with E-state index < -0.39 is 0 Å². The van der Waals surface area contributed by atoms with E-state index in [1.807, 2.05) is 59.5 Å². The van der Waals surface area contributed by atoms with E-state index in [1.165, 1.54) is 16.7 Å². The van der Waals surface area contributed by atoms with E-state index in [0.717, 1.165) is 36.0 Å². The Morgan fingerprint density at radius 1 is 0.793 bits per heavy atom. The summed E-state index contributed by atoms with van der Waals surface area (Å²) in [5, 5.41) is 8.86. The Morgan fingerprint density at radius 3 is 2.07 bits per heavy atom. The Hall–Kier alpha value is -2.40. The largest absolute Gasteiger partial charge is 0.455 e. The molecule has 0 atom stereocenters. The molecule has 1 aliphatic rings. The van der Waals surface area contributed by atoms with Crippen molar-refractivity contribution in [2.75, 3.05) is 22.9 Å². The second-order valence-corrected chi connectivity index (χ2v) is 7.26. The van der Waals surface area contributed by atoms with Crippen LogP contribution in [0.5, 0.6) is 11.5 Å². The van der Waals surface area contributed by atoms with Gasteiger partial charge in [-0.2, -0.15) is 0 Å². The van der Waals surface area contributed by atoms with Crippen LogP contribution in [-0.2, 0) is 25.8 Å². The molecule has 0 bridgehead atoms. The van der Waals surface area contributed by atoms with Crippen molar-refractivity contribution in [1.29, 1.82) is 5.41 Å². The van der Waals surface area contributed by atoms with Crippen LogP contribution in [0.1, 0.15) is 16.7 Å². The minimum absolute atomic E-state index is 0. The zero-order chi connectivity index (χ0) is 19.7. The number of benzene rings is 3. The SMILES string of the molecule is Cc1cc(C)c(N2CCN(c3ccccc3Oc3ccccc3)C2=N)c(C)c1.[Hf]. The number of guanidine groups is 1. The van der Waals surface area contributed by atoms with Crippen molar-refractivity contribution in [1.82, 2.24) is 0 Å². The van der Waals surface area contributed by atoms with E-state index in [4.69, 9.17) is 10.1 Å². The number of nitrogens with one attached hydrogen (secondary N) is 1. The summed E-state index contributed by atoms with van der Waals surface area (Å²) in [5.74, 6) is 2.04. The van der Waals surface area contributed by atoms with Gasteiger partial charge in [0.25, 0.3) is 0 Å². The van der Waals surface area contributed by atoms with Gasteiger partial charge in [-0.15, -0.1) is 0 Å². The first-order valence-electron chi connectivity index (χ1n) is 9.58. The summed E-state index contributed by atoms with van der Waals surface area (Å²) < 4.78 is 6.12. The summed E-state index contributed by atoms with van der Waals surface area (Å²) in [6.45, 7) is 7.89. The second kappa shape index (κ2) is 8.95. The summed E-state index contributed by atoms with van der Waals surface area (Å²) in [7, 11) is 0. The van der Waals surface area contributed by atoms with E-state index in [0.29, 0.717) is 5.96 Å². The van der Waals surface area contributed by atoms with Crippen molar-refractivity contribution < 1.29 is 30.6 Å². The van der Waals surface area contributed by atoms with E-state index in [9.17, 15) is 0 Å². The zero-order valence-corrected chi connectivity index (χ0v) is 20.7. The molecule has 3 aromatic carbocycles. The molecule has 0 aliphatic carbocycles. The van der Waals surface area contributed by atoms with Gasteiger partial charge in [-0.3, -0.25) is 5.41 Å². The molecule has 1 saturated heterocycles. The maximum absolute atomic E-state index is 8.86. The maximum atomic E-state index is 8.86. The van der Waals surface area contributed by atoms with Gasteiger partial charge < -0.3 is 14.5 Å². The molecule has 0 unspecified atom stereocenters. The first-order valence-corrected chi connectivity index (χ1v) is 9.58. The summed E-state index contributed by atoms with van der Waals surface area (Å²) in [4.78, 5) is 4.13. The molecule has 1 aliphatic heterocycles. The van der Waals surface area contributed by atoms with Crippen LogP contribution in [-0.4, -0.2) is 19.0 Å². The molecule has 0 spiro atoms. The molecule has 4 rings (SSSR count). The fourth-order valence-corrected chi connectivity index (χ4v) is 3.99. The van der Waals surface area contributed by atoms with Crippen LogP contribution in [0.15, 0.2) is 66.7 Å². The fourth-order valence-electron chi connectivity index (χ4n) is 3.99. The third-order valence-electron chi connectivity index (χ3n) is 5.09. The van der Waals surface area contributed by atoms with Gasteiger partial charge in [-0.25, -0.2) is 0 Å². The topological polar surface area (TPSA) is 39.6 Å². The molecule has 0 aromatic heterocycles. The standard InChI is InChI=1S/C24H25N3O.Hf/c1-17-15-18(2)23(19(3)16-17)27-14-13-26(24(27)25)21-11-7-8-12-22(21)28-20-9-5-4-6-10-20;/h4-12,15-16,25H,13-14H2,1-3H3;. The minimum atomic E-state index is 0. The number of ether oxygens (including phenoxy) is 1. The molecule has 29 heavy (non-hydrogen) atoms. The van der Waals surface area contributed by atoms with E-state index in [-0.39, 0.29) is 25.8 Å². The number of hydrogen-bond donors (Lipinski definition) is 1. The molecule has 4 nitrogen and oxygen atoms in total. The Bertz CT molecular complexity index is 997. The first kappa shape index (κ1) is 21.3. The summed E-state index contributed by atoms with van der Waals surface area (Å²) >= 11 is 0. The smallest absolute Gasteiger partial charge is 0.203 e. The van der Waals surface area contributed by atoms with Crippen LogP contribution in [0.4, 0.5) is 11.4 Å². The van der Waals surface area contributed by atoms with Crippen LogP contribution in [0.25, 0.3) is 0 Å². The van der Waals surface area contributed by atoms with Gasteiger partial charge in [0.15, 0.2) is 5.75 Å². The molecular formula is C24H25HfN3O. The van der Waals surface area contributed by atoms with Crippen molar-refractivity contribution in [3.63, 3.8) is 0 Å². The number of aryl methyl sites for hydroxylation is 3. The Morgan fingerprint density at radius 2 is 1.38 bits per heavy atom. The fraction of sp³-hybridized carbons (Fsp3) is 0.208. The van der Waals surface area contributed by atoms with Gasteiger partial charge in [0, 0.05) is 44.6 Å². The van der Waals surface area contributed by atoms with E-state index in [1.54, 1.807) is 0 Å².